The lowest BCUT2D eigenvalue weighted by Gasteiger charge is -2.30. The van der Waals surface area contributed by atoms with E-state index in [1.165, 1.54) is 0 Å². The molecule has 0 spiro atoms. The molecule has 8 heteroatoms. The molecule has 3 N–H and O–H groups in total. The summed E-state index contributed by atoms with van der Waals surface area (Å²) in [6.07, 6.45) is -0.200. The van der Waals surface area contributed by atoms with Crippen molar-refractivity contribution < 1.29 is 14.7 Å². The van der Waals surface area contributed by atoms with Crippen molar-refractivity contribution in [1.82, 2.24) is 9.80 Å². The largest absolute Gasteiger partial charge is 0.391 e. The topological polar surface area (TPSA) is 86.9 Å². The highest BCUT2D eigenvalue weighted by Crippen LogP contribution is 2.40. The number of carbonyl (C=O) groups is 2. The van der Waals surface area contributed by atoms with Crippen LogP contribution in [-0.4, -0.2) is 53.0 Å². The van der Waals surface area contributed by atoms with Crippen molar-refractivity contribution >= 4 is 35.0 Å². The summed E-state index contributed by atoms with van der Waals surface area (Å²) >= 11 is 12.5. The van der Waals surface area contributed by atoms with Crippen LogP contribution in [0.2, 0.25) is 10.0 Å². The molecule has 2 amide bonds. The van der Waals surface area contributed by atoms with Crippen LogP contribution in [0.15, 0.2) is 42.5 Å². The number of nitrogens with zero attached hydrogens (tertiary/aromatic N) is 2. The Morgan fingerprint density at radius 3 is 2.57 bits per heavy atom. The minimum Gasteiger partial charge on any atom is -0.391 e. The fourth-order valence-electron chi connectivity index (χ4n) is 3.91. The highest BCUT2D eigenvalue weighted by atomic mass is 35.5. The number of aliphatic hydroxyl groups excluding tert-OH is 1. The minimum absolute atomic E-state index is 0.0664. The van der Waals surface area contributed by atoms with E-state index in [9.17, 15) is 14.7 Å². The van der Waals surface area contributed by atoms with Gasteiger partial charge in [0.1, 0.15) is 0 Å². The zero-order chi connectivity index (χ0) is 21.8. The van der Waals surface area contributed by atoms with E-state index < -0.39 is 18.1 Å². The number of fused-ring (bicyclic) bond motifs is 1. The predicted molar refractivity (Wildman–Crippen MR) is 117 cm³/mol. The average molecular weight is 450 g/mol. The third-order valence-corrected chi connectivity index (χ3v) is 5.90. The molecule has 2 atom stereocenters. The third-order valence-electron chi connectivity index (χ3n) is 5.35. The van der Waals surface area contributed by atoms with E-state index in [2.05, 4.69) is 0 Å². The van der Waals surface area contributed by atoms with E-state index in [1.807, 2.05) is 30.3 Å². The SMILES string of the molecule is CN(CC(=O)N(CCC(N)=O)Cc1ccccc1)[C@@H]1c2cc(Cl)cc(Cl)c2C[C@@H]1O. The summed E-state index contributed by atoms with van der Waals surface area (Å²) in [5.41, 5.74) is 7.94. The molecule has 1 aliphatic rings. The van der Waals surface area contributed by atoms with Gasteiger partial charge in [-0.15, -0.1) is 0 Å². The van der Waals surface area contributed by atoms with Crippen LogP contribution in [0.1, 0.15) is 29.2 Å². The van der Waals surface area contributed by atoms with Crippen molar-refractivity contribution in [3.05, 3.63) is 69.2 Å². The number of likely N-dealkylation sites (N-methyl/N-ethyl adjacent to an activating group) is 1. The lowest BCUT2D eigenvalue weighted by Crippen LogP contribution is -2.42. The molecule has 0 saturated heterocycles. The maximum Gasteiger partial charge on any atom is 0.237 e. The van der Waals surface area contributed by atoms with Gasteiger partial charge < -0.3 is 15.7 Å². The molecule has 30 heavy (non-hydrogen) atoms. The maximum absolute atomic E-state index is 13.1. The summed E-state index contributed by atoms with van der Waals surface area (Å²) in [7, 11) is 1.78. The highest BCUT2D eigenvalue weighted by Gasteiger charge is 2.36. The molecule has 0 bridgehead atoms. The molecule has 0 saturated carbocycles. The van der Waals surface area contributed by atoms with E-state index in [0.29, 0.717) is 23.0 Å². The first-order chi connectivity index (χ1) is 14.3. The summed E-state index contributed by atoms with van der Waals surface area (Å²) in [6, 6.07) is 12.6. The van der Waals surface area contributed by atoms with Gasteiger partial charge in [0.05, 0.1) is 18.7 Å². The zero-order valence-corrected chi connectivity index (χ0v) is 18.2. The van der Waals surface area contributed by atoms with Crippen LogP contribution >= 0.6 is 23.2 Å². The summed E-state index contributed by atoms with van der Waals surface area (Å²) in [6.45, 7) is 0.678. The number of primary amides is 1. The Morgan fingerprint density at radius 1 is 1.20 bits per heavy atom. The van der Waals surface area contributed by atoms with Gasteiger partial charge in [-0.05, 0) is 35.9 Å². The molecule has 0 aromatic heterocycles. The summed E-state index contributed by atoms with van der Waals surface area (Å²) in [4.78, 5) is 27.8. The number of nitrogens with two attached hydrogens (primary N) is 1. The zero-order valence-electron chi connectivity index (χ0n) is 16.7. The highest BCUT2D eigenvalue weighted by molar-refractivity contribution is 6.35. The standard InChI is InChI=1S/C22H25Cl2N3O3/c1-26(22-17-9-15(23)10-18(24)16(17)11-19(22)28)13-21(30)27(8-7-20(25)29)12-14-5-3-2-4-6-14/h2-6,9-10,19,22,28H,7-8,11-13H2,1H3,(H2,25,29)/t19-,22+/m0/s1. The van der Waals surface area contributed by atoms with Crippen LogP contribution < -0.4 is 5.73 Å². The number of rotatable bonds is 8. The Morgan fingerprint density at radius 2 is 1.90 bits per heavy atom. The Bertz CT molecular complexity index is 923. The van der Waals surface area contributed by atoms with Crippen LogP contribution in [0.25, 0.3) is 0 Å². The fraction of sp³-hybridized carbons (Fsp3) is 0.364. The van der Waals surface area contributed by atoms with Gasteiger partial charge >= 0.3 is 0 Å². The first-order valence-electron chi connectivity index (χ1n) is 9.72. The van der Waals surface area contributed by atoms with Crippen molar-refractivity contribution in [2.75, 3.05) is 20.1 Å². The Balaban J connectivity index is 1.76. The van der Waals surface area contributed by atoms with E-state index >= 15 is 0 Å². The van der Waals surface area contributed by atoms with E-state index in [0.717, 1.165) is 16.7 Å². The van der Waals surface area contributed by atoms with Gasteiger partial charge in [0.15, 0.2) is 0 Å². The molecule has 0 unspecified atom stereocenters. The summed E-state index contributed by atoms with van der Waals surface area (Å²) in [5.74, 6) is -0.616. The number of carbonyl (C=O) groups excluding carboxylic acids is 2. The first kappa shape index (κ1) is 22.6. The van der Waals surface area contributed by atoms with Crippen molar-refractivity contribution in [2.24, 2.45) is 5.73 Å². The number of hydrogen-bond donors (Lipinski definition) is 2. The molecule has 3 rings (SSSR count). The fourth-order valence-corrected chi connectivity index (χ4v) is 4.50. The molecule has 2 aromatic carbocycles. The number of hydrogen-bond acceptors (Lipinski definition) is 4. The van der Waals surface area contributed by atoms with E-state index in [4.69, 9.17) is 28.9 Å². The van der Waals surface area contributed by atoms with Crippen LogP contribution in [0.3, 0.4) is 0 Å². The second kappa shape index (κ2) is 9.79. The van der Waals surface area contributed by atoms with Gasteiger partial charge in [-0.2, -0.15) is 0 Å². The Labute approximate surface area is 186 Å². The van der Waals surface area contributed by atoms with Gasteiger partial charge in [0.2, 0.25) is 11.8 Å². The quantitative estimate of drug-likeness (QED) is 0.648. The average Bonchev–Trinajstić information content (AvgIpc) is 3.02. The molecular formula is C22H25Cl2N3O3. The molecule has 1 aliphatic carbocycles. The first-order valence-corrected chi connectivity index (χ1v) is 10.5. The lowest BCUT2D eigenvalue weighted by molar-refractivity contribution is -0.134. The number of amides is 2. The van der Waals surface area contributed by atoms with Crippen molar-refractivity contribution in [2.45, 2.75) is 31.5 Å². The Hall–Kier alpha value is -2.12. The van der Waals surface area contributed by atoms with Gasteiger partial charge in [-0.3, -0.25) is 14.5 Å². The van der Waals surface area contributed by atoms with Crippen LogP contribution in [0, 0.1) is 0 Å². The molecule has 0 fully saturated rings. The van der Waals surface area contributed by atoms with Gasteiger partial charge in [-0.1, -0.05) is 53.5 Å². The monoisotopic (exact) mass is 449 g/mol. The van der Waals surface area contributed by atoms with Crippen LogP contribution in [-0.2, 0) is 22.6 Å². The van der Waals surface area contributed by atoms with Gasteiger partial charge in [-0.25, -0.2) is 0 Å². The second-order valence-corrected chi connectivity index (χ2v) is 8.45. The smallest absolute Gasteiger partial charge is 0.237 e. The van der Waals surface area contributed by atoms with Crippen molar-refractivity contribution in [3.63, 3.8) is 0 Å². The molecule has 6 nitrogen and oxygen atoms in total. The summed E-state index contributed by atoms with van der Waals surface area (Å²) < 4.78 is 0. The number of aliphatic hydroxyl groups is 1. The van der Waals surface area contributed by atoms with Gasteiger partial charge in [0.25, 0.3) is 0 Å². The van der Waals surface area contributed by atoms with Crippen molar-refractivity contribution in [3.8, 4) is 0 Å². The molecule has 0 radical (unpaired) electrons. The third kappa shape index (κ3) is 5.32. The molecular weight excluding hydrogens is 425 g/mol. The normalized spacial score (nSPS) is 17.8. The Kier molecular flexibility index (Phi) is 7.36. The van der Waals surface area contributed by atoms with Crippen LogP contribution in [0.5, 0.6) is 0 Å². The molecule has 160 valence electrons. The second-order valence-electron chi connectivity index (χ2n) is 7.60. The van der Waals surface area contributed by atoms with E-state index in [-0.39, 0.29) is 25.4 Å². The number of halogens is 2. The maximum atomic E-state index is 13.1. The minimum atomic E-state index is -0.693. The molecule has 2 aromatic rings. The molecule has 0 aliphatic heterocycles. The predicted octanol–water partition coefficient (Wildman–Crippen LogP) is 2.79. The molecule has 0 heterocycles. The van der Waals surface area contributed by atoms with Gasteiger partial charge in [0, 0.05) is 36.0 Å². The summed E-state index contributed by atoms with van der Waals surface area (Å²) in [5, 5.41) is 11.6. The van der Waals surface area contributed by atoms with Crippen LogP contribution in [0.4, 0.5) is 0 Å². The van der Waals surface area contributed by atoms with Crippen molar-refractivity contribution in [1.29, 1.82) is 0 Å². The lowest BCUT2D eigenvalue weighted by atomic mass is 10.1. The number of benzene rings is 2. The van der Waals surface area contributed by atoms with E-state index in [1.54, 1.807) is 29.0 Å².